The van der Waals surface area contributed by atoms with E-state index in [1.54, 1.807) is 6.33 Å². The maximum Gasteiger partial charge on any atom is 0.241 e. The van der Waals surface area contributed by atoms with Gasteiger partial charge in [-0.15, -0.1) is 0 Å². The first kappa shape index (κ1) is 9.96. The lowest BCUT2D eigenvalue weighted by atomic mass is 10.1. The molecule has 3 heteroatoms. The number of aromatic nitrogens is 2. The van der Waals surface area contributed by atoms with Crippen LogP contribution in [0, 0.1) is 5.92 Å². The minimum atomic E-state index is 0.304. The summed E-state index contributed by atoms with van der Waals surface area (Å²) in [4.78, 5) is 14.3. The molecule has 13 heavy (non-hydrogen) atoms. The average molecular weight is 181 g/mol. The molecule has 0 aliphatic rings. The predicted octanol–water partition coefficient (Wildman–Crippen LogP) is 1.31. The van der Waals surface area contributed by atoms with Gasteiger partial charge >= 0.3 is 0 Å². The number of hydrogen-bond donors (Lipinski definition) is 1. The smallest absolute Gasteiger partial charge is 0.241 e. The lowest BCUT2D eigenvalue weighted by Crippen LogP contribution is -2.35. The molecule has 1 aromatic heterocycles. The Kier molecular flexibility index (Phi) is 3.68. The van der Waals surface area contributed by atoms with Crippen LogP contribution in [-0.2, 0) is 11.3 Å². The molecule has 1 aromatic rings. The minimum absolute atomic E-state index is 0.304. The van der Waals surface area contributed by atoms with Gasteiger partial charge in [-0.2, -0.15) is 0 Å². The van der Waals surface area contributed by atoms with Crippen molar-refractivity contribution in [3.05, 3.63) is 18.7 Å². The number of rotatable bonds is 5. The van der Waals surface area contributed by atoms with Crippen molar-refractivity contribution in [1.29, 1.82) is 0 Å². The fourth-order valence-electron chi connectivity index (χ4n) is 1.15. The summed E-state index contributed by atoms with van der Waals surface area (Å²) in [6.45, 7) is 4.77. The first-order valence-corrected chi connectivity index (χ1v) is 4.72. The second kappa shape index (κ2) is 4.80. The van der Waals surface area contributed by atoms with Gasteiger partial charge in [0.2, 0.25) is 6.33 Å². The van der Waals surface area contributed by atoms with Gasteiger partial charge in [0.25, 0.3) is 0 Å². The average Bonchev–Trinajstić information content (AvgIpc) is 2.53. The number of ketones is 1. The van der Waals surface area contributed by atoms with E-state index in [9.17, 15) is 4.79 Å². The SMILES string of the molecule is CC(C)CCC(=O)C[n+]1cc[nH]c1. The van der Waals surface area contributed by atoms with Crippen molar-refractivity contribution in [2.75, 3.05) is 0 Å². The van der Waals surface area contributed by atoms with Crippen LogP contribution in [-0.4, -0.2) is 10.8 Å². The molecule has 0 radical (unpaired) electrons. The first-order chi connectivity index (χ1) is 6.18. The maximum absolute atomic E-state index is 11.4. The zero-order valence-corrected chi connectivity index (χ0v) is 8.29. The summed E-state index contributed by atoms with van der Waals surface area (Å²) in [6, 6.07) is 0. The van der Waals surface area contributed by atoms with E-state index in [4.69, 9.17) is 0 Å². The van der Waals surface area contributed by atoms with Crippen LogP contribution in [0.25, 0.3) is 0 Å². The lowest BCUT2D eigenvalue weighted by molar-refractivity contribution is -0.683. The summed E-state index contributed by atoms with van der Waals surface area (Å²) in [5.41, 5.74) is 0. The molecule has 0 spiro atoms. The van der Waals surface area contributed by atoms with Gasteiger partial charge in [0.1, 0.15) is 18.9 Å². The van der Waals surface area contributed by atoms with Crippen molar-refractivity contribution in [2.45, 2.75) is 33.2 Å². The number of hydrogen-bond acceptors (Lipinski definition) is 1. The zero-order valence-electron chi connectivity index (χ0n) is 8.29. The van der Waals surface area contributed by atoms with Crippen LogP contribution in [0.4, 0.5) is 0 Å². The monoisotopic (exact) mass is 181 g/mol. The van der Waals surface area contributed by atoms with E-state index in [1.165, 1.54) is 0 Å². The summed E-state index contributed by atoms with van der Waals surface area (Å²) < 4.78 is 1.86. The highest BCUT2D eigenvalue weighted by atomic mass is 16.1. The zero-order chi connectivity index (χ0) is 9.68. The van der Waals surface area contributed by atoms with Crippen LogP contribution < -0.4 is 4.57 Å². The van der Waals surface area contributed by atoms with Crippen molar-refractivity contribution in [3.63, 3.8) is 0 Å². The minimum Gasteiger partial charge on any atom is -0.295 e. The molecule has 3 nitrogen and oxygen atoms in total. The van der Waals surface area contributed by atoms with Gasteiger partial charge in [-0.25, -0.2) is 4.57 Å². The number of Topliss-reactive ketones (excluding diaryl/α,β-unsaturated/α-hetero) is 1. The van der Waals surface area contributed by atoms with E-state index in [1.807, 2.05) is 17.0 Å². The summed E-state index contributed by atoms with van der Waals surface area (Å²) in [5, 5.41) is 0. The van der Waals surface area contributed by atoms with E-state index >= 15 is 0 Å². The maximum atomic E-state index is 11.4. The number of nitrogens with one attached hydrogen (secondary N) is 1. The van der Waals surface area contributed by atoms with Crippen LogP contribution in [0.2, 0.25) is 0 Å². The fraction of sp³-hybridized carbons (Fsp3) is 0.600. The molecule has 1 rings (SSSR count). The van der Waals surface area contributed by atoms with E-state index in [0.29, 0.717) is 24.7 Å². The van der Waals surface area contributed by atoms with Crippen molar-refractivity contribution >= 4 is 5.78 Å². The molecular formula is C10H17N2O+. The molecule has 0 aliphatic heterocycles. The van der Waals surface area contributed by atoms with Crippen LogP contribution in [0.1, 0.15) is 26.7 Å². The third-order valence-electron chi connectivity index (χ3n) is 1.96. The molecule has 0 aromatic carbocycles. The van der Waals surface area contributed by atoms with E-state index in [2.05, 4.69) is 18.8 Å². The number of carbonyl (C=O) groups is 1. The second-order valence-corrected chi connectivity index (χ2v) is 3.76. The molecule has 0 saturated carbocycles. The lowest BCUT2D eigenvalue weighted by Gasteiger charge is -2.01. The fourth-order valence-corrected chi connectivity index (χ4v) is 1.15. The molecular weight excluding hydrogens is 164 g/mol. The quantitative estimate of drug-likeness (QED) is 0.683. The Morgan fingerprint density at radius 1 is 1.54 bits per heavy atom. The van der Waals surface area contributed by atoms with E-state index < -0.39 is 0 Å². The Labute approximate surface area is 78.8 Å². The van der Waals surface area contributed by atoms with Crippen LogP contribution >= 0.6 is 0 Å². The molecule has 0 bridgehead atoms. The Balaban J connectivity index is 2.26. The van der Waals surface area contributed by atoms with E-state index in [0.717, 1.165) is 6.42 Å². The van der Waals surface area contributed by atoms with Crippen molar-refractivity contribution < 1.29 is 9.36 Å². The van der Waals surface area contributed by atoms with Gasteiger partial charge in [-0.05, 0) is 12.3 Å². The third-order valence-corrected chi connectivity index (χ3v) is 1.96. The van der Waals surface area contributed by atoms with Crippen LogP contribution in [0.15, 0.2) is 18.7 Å². The highest BCUT2D eigenvalue weighted by Crippen LogP contribution is 2.03. The molecule has 0 unspecified atom stereocenters. The van der Waals surface area contributed by atoms with Crippen LogP contribution in [0.3, 0.4) is 0 Å². The third kappa shape index (κ3) is 3.87. The number of imidazole rings is 1. The summed E-state index contributed by atoms with van der Waals surface area (Å²) in [6.07, 6.45) is 7.16. The first-order valence-electron chi connectivity index (χ1n) is 4.72. The van der Waals surface area contributed by atoms with Crippen LogP contribution in [0.5, 0.6) is 0 Å². The van der Waals surface area contributed by atoms with Crippen molar-refractivity contribution in [1.82, 2.24) is 4.98 Å². The van der Waals surface area contributed by atoms with Crippen molar-refractivity contribution in [2.24, 2.45) is 5.92 Å². The van der Waals surface area contributed by atoms with Gasteiger partial charge < -0.3 is 0 Å². The normalized spacial score (nSPS) is 10.7. The summed E-state index contributed by atoms with van der Waals surface area (Å²) in [5.74, 6) is 0.915. The molecule has 0 amide bonds. The Hall–Kier alpha value is -1.12. The Morgan fingerprint density at radius 2 is 2.31 bits per heavy atom. The molecule has 0 aliphatic carbocycles. The number of H-pyrrole nitrogens is 1. The highest BCUT2D eigenvalue weighted by Gasteiger charge is 2.07. The summed E-state index contributed by atoms with van der Waals surface area (Å²) >= 11 is 0. The van der Waals surface area contributed by atoms with Gasteiger partial charge in [-0.1, -0.05) is 13.8 Å². The summed E-state index contributed by atoms with van der Waals surface area (Å²) in [7, 11) is 0. The number of aromatic amines is 1. The molecule has 0 fully saturated rings. The highest BCUT2D eigenvalue weighted by molar-refractivity contribution is 5.76. The number of nitrogens with zero attached hydrogens (tertiary/aromatic N) is 1. The largest absolute Gasteiger partial charge is 0.295 e. The van der Waals surface area contributed by atoms with E-state index in [-0.39, 0.29) is 0 Å². The van der Waals surface area contributed by atoms with Gasteiger partial charge in [0.15, 0.2) is 5.78 Å². The predicted molar refractivity (Wildman–Crippen MR) is 50.1 cm³/mol. The van der Waals surface area contributed by atoms with Gasteiger partial charge in [0, 0.05) is 6.42 Å². The van der Waals surface area contributed by atoms with Gasteiger partial charge in [0.05, 0.1) is 0 Å². The molecule has 0 saturated heterocycles. The van der Waals surface area contributed by atoms with Gasteiger partial charge in [-0.3, -0.25) is 9.78 Å². The molecule has 1 heterocycles. The Morgan fingerprint density at radius 3 is 2.85 bits per heavy atom. The number of carbonyl (C=O) groups excluding carboxylic acids is 1. The topological polar surface area (TPSA) is 36.7 Å². The molecule has 72 valence electrons. The molecule has 1 N–H and O–H groups in total. The second-order valence-electron chi connectivity index (χ2n) is 3.76. The molecule has 0 atom stereocenters. The standard InChI is InChI=1S/C10H16N2O/c1-9(2)3-4-10(13)7-12-6-5-11-8-12/h5-6,8-9H,3-4,7H2,1-2H3/p+1. The van der Waals surface area contributed by atoms with Crippen molar-refractivity contribution in [3.8, 4) is 0 Å². The Bertz CT molecular complexity index is 252.